The van der Waals surface area contributed by atoms with Gasteiger partial charge in [-0.25, -0.2) is 0 Å². The molecule has 4 aromatic carbocycles. The summed E-state index contributed by atoms with van der Waals surface area (Å²) in [6.07, 6.45) is -10.5. The Morgan fingerprint density at radius 1 is 0.415 bits per heavy atom. The van der Waals surface area contributed by atoms with Crippen LogP contribution in [0.15, 0.2) is 132 Å². The summed E-state index contributed by atoms with van der Waals surface area (Å²) in [6.45, 7) is 2.76. The minimum atomic E-state index is -5.30. The molecular weight excluding hydrogens is 550 g/mol. The maximum absolute atomic E-state index is 15.3. The van der Waals surface area contributed by atoms with E-state index in [0.29, 0.717) is 27.5 Å². The third kappa shape index (κ3) is 5.34. The lowest BCUT2D eigenvalue weighted by molar-refractivity contribution is -0.107. The molecule has 0 saturated heterocycles. The van der Waals surface area contributed by atoms with Crippen molar-refractivity contribution in [2.45, 2.75) is 25.4 Å². The van der Waals surface area contributed by atoms with E-state index in [-0.39, 0.29) is 11.1 Å². The van der Waals surface area contributed by atoms with E-state index in [2.05, 4.69) is 0 Å². The summed E-state index contributed by atoms with van der Waals surface area (Å²) in [5.74, 6) is 0. The van der Waals surface area contributed by atoms with Gasteiger partial charge in [0.2, 0.25) is 0 Å². The SMILES string of the molecule is C[Si]1(C)C(c2ccccc2)=C(c2ccccc2)C(c2ccccc2)=C(c2ccccc2)C(C(F)(F)F)=C1C(F)(F)F. The highest BCUT2D eigenvalue weighted by atomic mass is 28.3. The van der Waals surface area contributed by atoms with Gasteiger partial charge in [-0.1, -0.05) is 134 Å². The van der Waals surface area contributed by atoms with Crippen LogP contribution in [0.5, 0.6) is 0 Å². The van der Waals surface area contributed by atoms with Gasteiger partial charge in [-0.2, -0.15) is 26.3 Å². The van der Waals surface area contributed by atoms with Crippen LogP contribution < -0.4 is 0 Å². The molecule has 0 bridgehead atoms. The van der Waals surface area contributed by atoms with Gasteiger partial charge in [0.15, 0.2) is 0 Å². The first-order valence-corrected chi connectivity index (χ1v) is 16.0. The smallest absolute Gasteiger partial charge is 0.167 e. The van der Waals surface area contributed by atoms with E-state index in [4.69, 9.17) is 0 Å². The Labute approximate surface area is 236 Å². The van der Waals surface area contributed by atoms with Crippen LogP contribution in [0, 0.1) is 0 Å². The molecule has 0 amide bonds. The molecule has 5 rings (SSSR count). The lowest BCUT2D eigenvalue weighted by Crippen LogP contribution is -2.42. The normalized spacial score (nSPS) is 16.2. The van der Waals surface area contributed by atoms with E-state index >= 15 is 26.3 Å². The molecule has 41 heavy (non-hydrogen) atoms. The Kier molecular flexibility index (Phi) is 7.42. The molecule has 0 N–H and O–H groups in total. The molecule has 0 atom stereocenters. The molecule has 7 heteroatoms. The highest BCUT2D eigenvalue weighted by Crippen LogP contribution is 2.57. The fourth-order valence-electron chi connectivity index (χ4n) is 5.82. The van der Waals surface area contributed by atoms with E-state index in [1.54, 1.807) is 109 Å². The van der Waals surface area contributed by atoms with Crippen molar-refractivity contribution in [2.75, 3.05) is 0 Å². The summed E-state index contributed by atoms with van der Waals surface area (Å²) in [5.41, 5.74) is -0.124. The zero-order valence-electron chi connectivity index (χ0n) is 22.3. The zero-order chi connectivity index (χ0) is 29.4. The minimum absolute atomic E-state index is 0.0629. The first kappa shape index (κ1) is 28.4. The summed E-state index contributed by atoms with van der Waals surface area (Å²) in [4.78, 5) is 0. The number of hydrogen-bond acceptors (Lipinski definition) is 0. The molecule has 0 fully saturated rings. The molecule has 0 radical (unpaired) electrons. The van der Waals surface area contributed by atoms with Crippen LogP contribution in [0.25, 0.3) is 21.9 Å². The molecule has 0 aromatic heterocycles. The number of benzene rings is 4. The fourth-order valence-corrected chi connectivity index (χ4v) is 9.45. The largest absolute Gasteiger partial charge is 0.416 e. The summed E-state index contributed by atoms with van der Waals surface area (Å²) in [7, 11) is -4.17. The van der Waals surface area contributed by atoms with Gasteiger partial charge in [0, 0.05) is 10.8 Å². The quantitative estimate of drug-likeness (QED) is 0.167. The van der Waals surface area contributed by atoms with E-state index < -0.39 is 36.8 Å². The van der Waals surface area contributed by atoms with E-state index in [1.165, 1.54) is 25.2 Å². The van der Waals surface area contributed by atoms with Gasteiger partial charge < -0.3 is 0 Å². The molecule has 1 aliphatic rings. The minimum Gasteiger partial charge on any atom is -0.167 e. The van der Waals surface area contributed by atoms with Crippen molar-refractivity contribution < 1.29 is 26.3 Å². The highest BCUT2D eigenvalue weighted by molar-refractivity contribution is 7.02. The molecule has 0 unspecified atom stereocenters. The molecular formula is C34H26F6Si. The summed E-state index contributed by atoms with van der Waals surface area (Å²) >= 11 is 0. The van der Waals surface area contributed by atoms with Crippen LogP contribution in [0.1, 0.15) is 22.3 Å². The van der Waals surface area contributed by atoms with E-state index in [1.807, 2.05) is 0 Å². The average molecular weight is 577 g/mol. The van der Waals surface area contributed by atoms with Gasteiger partial charge in [0.1, 0.15) is 8.07 Å². The van der Waals surface area contributed by atoms with Crippen molar-refractivity contribution in [1.29, 1.82) is 0 Å². The van der Waals surface area contributed by atoms with Crippen molar-refractivity contribution in [1.82, 2.24) is 0 Å². The maximum atomic E-state index is 15.3. The molecule has 208 valence electrons. The summed E-state index contributed by atoms with van der Waals surface area (Å²) in [5, 5.41) is -1.20. The lowest BCUT2D eigenvalue weighted by atomic mass is 9.82. The van der Waals surface area contributed by atoms with Crippen LogP contribution in [-0.4, -0.2) is 20.4 Å². The van der Waals surface area contributed by atoms with Crippen molar-refractivity contribution >= 4 is 30.0 Å². The fraction of sp³-hybridized carbons (Fsp3) is 0.118. The maximum Gasteiger partial charge on any atom is 0.416 e. The highest BCUT2D eigenvalue weighted by Gasteiger charge is 2.56. The van der Waals surface area contributed by atoms with Crippen LogP contribution >= 0.6 is 0 Å². The molecule has 1 aliphatic heterocycles. The monoisotopic (exact) mass is 576 g/mol. The molecule has 1 heterocycles. The lowest BCUT2D eigenvalue weighted by Gasteiger charge is -2.34. The van der Waals surface area contributed by atoms with Crippen molar-refractivity contribution in [3.8, 4) is 0 Å². The predicted molar refractivity (Wildman–Crippen MR) is 156 cm³/mol. The molecule has 0 aliphatic carbocycles. The first-order valence-electron chi connectivity index (χ1n) is 13.0. The van der Waals surface area contributed by atoms with Crippen LogP contribution in [0.3, 0.4) is 0 Å². The van der Waals surface area contributed by atoms with Gasteiger partial charge >= 0.3 is 12.4 Å². The van der Waals surface area contributed by atoms with Crippen LogP contribution in [0.2, 0.25) is 13.1 Å². The van der Waals surface area contributed by atoms with Gasteiger partial charge in [-0.3, -0.25) is 0 Å². The number of rotatable bonds is 4. The molecule has 0 nitrogen and oxygen atoms in total. The van der Waals surface area contributed by atoms with Gasteiger partial charge in [-0.05, 0) is 38.6 Å². The molecule has 0 spiro atoms. The first-order chi connectivity index (χ1) is 19.4. The summed E-state index contributed by atoms with van der Waals surface area (Å²) in [6, 6.07) is 33.3. The molecule has 0 saturated carbocycles. The Morgan fingerprint density at radius 3 is 1.12 bits per heavy atom. The van der Waals surface area contributed by atoms with Crippen LogP contribution in [-0.2, 0) is 0 Å². The third-order valence-corrected chi connectivity index (χ3v) is 10.9. The van der Waals surface area contributed by atoms with Gasteiger partial charge in [-0.15, -0.1) is 0 Å². The van der Waals surface area contributed by atoms with Crippen molar-refractivity contribution in [3.05, 3.63) is 154 Å². The Balaban J connectivity index is 2.17. The molecule has 4 aromatic rings. The number of alkyl halides is 6. The second kappa shape index (κ2) is 10.7. The van der Waals surface area contributed by atoms with Crippen LogP contribution in [0.4, 0.5) is 26.3 Å². The number of hydrogen-bond donors (Lipinski definition) is 0. The second-order valence-electron chi connectivity index (χ2n) is 10.3. The summed E-state index contributed by atoms with van der Waals surface area (Å²) < 4.78 is 91.8. The van der Waals surface area contributed by atoms with E-state index in [0.717, 1.165) is 0 Å². The Hall–Kier alpha value is -4.10. The van der Waals surface area contributed by atoms with Gasteiger partial charge in [0.05, 0.1) is 5.57 Å². The topological polar surface area (TPSA) is 0 Å². The second-order valence-corrected chi connectivity index (χ2v) is 14.6. The number of halogens is 6. The van der Waals surface area contributed by atoms with Crippen molar-refractivity contribution in [3.63, 3.8) is 0 Å². The zero-order valence-corrected chi connectivity index (χ0v) is 23.3. The van der Waals surface area contributed by atoms with Gasteiger partial charge in [0.25, 0.3) is 0 Å². The standard InChI is InChI=1S/C34H26F6Si/c1-41(2)31(26-21-13-6-14-22-26)29(25-19-11-5-12-20-25)27(23-15-7-3-8-16-23)28(24-17-9-4-10-18-24)30(33(35,36)37)32(41)34(38,39)40/h3-22H,1-2H3. The third-order valence-electron chi connectivity index (χ3n) is 7.32. The predicted octanol–water partition coefficient (Wildman–Crippen LogP) is 10.4. The average Bonchev–Trinajstić information content (AvgIpc) is 3.04. The Morgan fingerprint density at radius 2 is 0.756 bits per heavy atom. The Bertz CT molecular complexity index is 1630. The van der Waals surface area contributed by atoms with E-state index in [9.17, 15) is 0 Å². The number of allylic oxidation sites excluding steroid dienone is 5. The van der Waals surface area contributed by atoms with Crippen molar-refractivity contribution in [2.24, 2.45) is 0 Å².